The Morgan fingerprint density at radius 3 is 2.68 bits per heavy atom. The average molecular weight is 324 g/mol. The highest BCUT2D eigenvalue weighted by molar-refractivity contribution is 7.89. The van der Waals surface area contributed by atoms with Crippen molar-refractivity contribution in [2.75, 3.05) is 13.2 Å². The summed E-state index contributed by atoms with van der Waals surface area (Å²) in [7, 11) is -3.56. The molecule has 1 N–H and O–H groups in total. The van der Waals surface area contributed by atoms with Gasteiger partial charge in [0.2, 0.25) is 10.0 Å². The van der Waals surface area contributed by atoms with Crippen LogP contribution in [0.25, 0.3) is 0 Å². The number of hydrogen-bond donors (Lipinski definition) is 1. The molecule has 22 heavy (non-hydrogen) atoms. The minimum absolute atomic E-state index is 0.264. The van der Waals surface area contributed by atoms with Crippen LogP contribution in [0.4, 0.5) is 0 Å². The van der Waals surface area contributed by atoms with Crippen LogP contribution in [-0.4, -0.2) is 26.6 Å². The van der Waals surface area contributed by atoms with Gasteiger partial charge in [0, 0.05) is 13.0 Å². The van der Waals surface area contributed by atoms with Crippen molar-refractivity contribution in [3.05, 3.63) is 41.6 Å². The summed E-state index contributed by atoms with van der Waals surface area (Å²) in [4.78, 5) is 4.23. The molecule has 0 amide bonds. The number of aryl methyl sites for hydroxylation is 2. The molecule has 1 aromatic heterocycles. The predicted octanol–water partition coefficient (Wildman–Crippen LogP) is 2.21. The summed E-state index contributed by atoms with van der Waals surface area (Å²) < 4.78 is 37.7. The lowest BCUT2D eigenvalue weighted by Gasteiger charge is -2.13. The lowest BCUT2D eigenvalue weighted by atomic mass is 10.1. The normalized spacial score (nSPS) is 11.6. The first-order valence-corrected chi connectivity index (χ1v) is 8.53. The standard InChI is InChI=1S/C15H20N2O4S/c1-4-21-14-7-12(3)15(8-11(14)2)22(18,19)17-6-5-13-9-20-10-16-13/h7-10,17H,4-6H2,1-3H3. The van der Waals surface area contributed by atoms with Crippen molar-refractivity contribution in [2.24, 2.45) is 0 Å². The van der Waals surface area contributed by atoms with Gasteiger partial charge in [0.15, 0.2) is 6.39 Å². The fourth-order valence-electron chi connectivity index (χ4n) is 2.12. The molecule has 0 aliphatic heterocycles. The van der Waals surface area contributed by atoms with E-state index in [1.807, 2.05) is 13.8 Å². The zero-order chi connectivity index (χ0) is 16.2. The monoisotopic (exact) mass is 324 g/mol. The van der Waals surface area contributed by atoms with Gasteiger partial charge in [-0.05, 0) is 44.0 Å². The predicted molar refractivity (Wildman–Crippen MR) is 82.5 cm³/mol. The summed E-state index contributed by atoms with van der Waals surface area (Å²) >= 11 is 0. The summed E-state index contributed by atoms with van der Waals surface area (Å²) in [5.41, 5.74) is 2.16. The van der Waals surface area contributed by atoms with E-state index in [9.17, 15) is 8.42 Å². The molecule has 7 heteroatoms. The number of hydrogen-bond acceptors (Lipinski definition) is 5. The Labute approximate surface area is 130 Å². The third kappa shape index (κ3) is 3.86. The lowest BCUT2D eigenvalue weighted by molar-refractivity contribution is 0.337. The van der Waals surface area contributed by atoms with Gasteiger partial charge >= 0.3 is 0 Å². The largest absolute Gasteiger partial charge is 0.494 e. The fraction of sp³-hybridized carbons (Fsp3) is 0.400. The van der Waals surface area contributed by atoms with Crippen molar-refractivity contribution in [3.8, 4) is 5.75 Å². The molecule has 1 heterocycles. The SMILES string of the molecule is CCOc1cc(C)c(S(=O)(=O)NCCc2cocn2)cc1C. The molecule has 0 saturated carbocycles. The summed E-state index contributed by atoms with van der Waals surface area (Å²) in [5.74, 6) is 0.710. The van der Waals surface area contributed by atoms with Crippen LogP contribution in [0.15, 0.2) is 34.1 Å². The number of oxazole rings is 1. The highest BCUT2D eigenvalue weighted by Crippen LogP contribution is 2.25. The first-order valence-electron chi connectivity index (χ1n) is 7.05. The Kier molecular flexibility index (Phi) is 5.20. The van der Waals surface area contributed by atoms with E-state index < -0.39 is 10.0 Å². The fourth-order valence-corrected chi connectivity index (χ4v) is 3.46. The van der Waals surface area contributed by atoms with E-state index in [0.29, 0.717) is 30.0 Å². The third-order valence-corrected chi connectivity index (χ3v) is 4.82. The zero-order valence-corrected chi connectivity index (χ0v) is 13.7. The van der Waals surface area contributed by atoms with Gasteiger partial charge in [-0.25, -0.2) is 18.1 Å². The Morgan fingerprint density at radius 2 is 2.05 bits per heavy atom. The van der Waals surface area contributed by atoms with Gasteiger partial charge < -0.3 is 9.15 Å². The Bertz CT molecular complexity index is 724. The molecule has 0 unspecified atom stereocenters. The van der Waals surface area contributed by atoms with Crippen LogP contribution in [0.5, 0.6) is 5.75 Å². The Hall–Kier alpha value is -1.86. The number of benzene rings is 1. The number of rotatable bonds is 7. The van der Waals surface area contributed by atoms with Crippen molar-refractivity contribution >= 4 is 10.0 Å². The van der Waals surface area contributed by atoms with Gasteiger partial charge in [-0.2, -0.15) is 0 Å². The molecule has 0 saturated heterocycles. The Morgan fingerprint density at radius 1 is 1.27 bits per heavy atom. The van der Waals surface area contributed by atoms with Crippen LogP contribution in [0.2, 0.25) is 0 Å². The van der Waals surface area contributed by atoms with E-state index in [-0.39, 0.29) is 11.4 Å². The highest BCUT2D eigenvalue weighted by Gasteiger charge is 2.18. The lowest BCUT2D eigenvalue weighted by Crippen LogP contribution is -2.26. The minimum atomic E-state index is -3.56. The van der Waals surface area contributed by atoms with Gasteiger partial charge in [-0.1, -0.05) is 0 Å². The highest BCUT2D eigenvalue weighted by atomic mass is 32.2. The zero-order valence-electron chi connectivity index (χ0n) is 12.9. The molecule has 0 fully saturated rings. The van der Waals surface area contributed by atoms with Crippen LogP contribution in [-0.2, 0) is 16.4 Å². The molecule has 0 spiro atoms. The first kappa shape index (κ1) is 16.5. The number of nitrogens with one attached hydrogen (secondary N) is 1. The van der Waals surface area contributed by atoms with Crippen molar-refractivity contribution in [2.45, 2.75) is 32.1 Å². The number of nitrogens with zero attached hydrogens (tertiary/aromatic N) is 1. The van der Waals surface area contributed by atoms with Crippen LogP contribution >= 0.6 is 0 Å². The van der Waals surface area contributed by atoms with E-state index in [1.54, 1.807) is 19.1 Å². The van der Waals surface area contributed by atoms with Gasteiger partial charge in [-0.3, -0.25) is 0 Å². The van der Waals surface area contributed by atoms with E-state index >= 15 is 0 Å². The van der Waals surface area contributed by atoms with Gasteiger partial charge in [0.25, 0.3) is 0 Å². The maximum atomic E-state index is 12.4. The van der Waals surface area contributed by atoms with Crippen molar-refractivity contribution in [1.82, 2.24) is 9.71 Å². The first-order chi connectivity index (χ1) is 10.4. The minimum Gasteiger partial charge on any atom is -0.494 e. The van der Waals surface area contributed by atoms with Crippen LogP contribution < -0.4 is 9.46 Å². The van der Waals surface area contributed by atoms with Crippen molar-refractivity contribution < 1.29 is 17.6 Å². The molecular formula is C15H20N2O4S. The second-order valence-corrected chi connectivity index (χ2v) is 6.68. The third-order valence-electron chi connectivity index (χ3n) is 3.22. The molecule has 0 atom stereocenters. The number of aromatic nitrogens is 1. The van der Waals surface area contributed by atoms with Crippen LogP contribution in [0.1, 0.15) is 23.7 Å². The molecule has 120 valence electrons. The van der Waals surface area contributed by atoms with Gasteiger partial charge in [0.1, 0.15) is 12.0 Å². The maximum Gasteiger partial charge on any atom is 0.240 e. The second-order valence-electron chi connectivity index (χ2n) is 4.94. The van der Waals surface area contributed by atoms with E-state index in [0.717, 1.165) is 5.56 Å². The molecule has 2 rings (SSSR count). The van der Waals surface area contributed by atoms with Gasteiger partial charge in [0.05, 0.1) is 17.2 Å². The maximum absolute atomic E-state index is 12.4. The smallest absolute Gasteiger partial charge is 0.240 e. The summed E-state index contributed by atoms with van der Waals surface area (Å²) in [6.07, 6.45) is 3.30. The van der Waals surface area contributed by atoms with Crippen LogP contribution in [0, 0.1) is 13.8 Å². The van der Waals surface area contributed by atoms with Gasteiger partial charge in [-0.15, -0.1) is 0 Å². The molecule has 0 bridgehead atoms. The number of sulfonamides is 1. The topological polar surface area (TPSA) is 81.4 Å². The number of ether oxygens (including phenoxy) is 1. The average Bonchev–Trinajstić information content (AvgIpc) is 2.95. The molecule has 6 nitrogen and oxygen atoms in total. The van der Waals surface area contributed by atoms with E-state index in [2.05, 4.69) is 9.71 Å². The quantitative estimate of drug-likeness (QED) is 0.844. The van der Waals surface area contributed by atoms with E-state index in [4.69, 9.17) is 9.15 Å². The molecule has 0 aliphatic carbocycles. The molecule has 1 aromatic carbocycles. The molecule has 0 aliphatic rings. The summed E-state index contributed by atoms with van der Waals surface area (Å²) in [6, 6.07) is 3.39. The van der Waals surface area contributed by atoms with E-state index in [1.165, 1.54) is 12.7 Å². The molecule has 2 aromatic rings. The molecular weight excluding hydrogens is 304 g/mol. The van der Waals surface area contributed by atoms with Crippen molar-refractivity contribution in [1.29, 1.82) is 0 Å². The summed E-state index contributed by atoms with van der Waals surface area (Å²) in [6.45, 7) is 6.29. The Balaban J connectivity index is 2.13. The van der Waals surface area contributed by atoms with Crippen LogP contribution in [0.3, 0.4) is 0 Å². The van der Waals surface area contributed by atoms with Crippen molar-refractivity contribution in [3.63, 3.8) is 0 Å². The summed E-state index contributed by atoms with van der Waals surface area (Å²) in [5, 5.41) is 0. The second kappa shape index (κ2) is 6.93. The molecule has 0 radical (unpaired) electrons.